The quantitative estimate of drug-likeness (QED) is 0.500. The van der Waals surface area contributed by atoms with Gasteiger partial charge in [-0.25, -0.2) is 0 Å². The van der Waals surface area contributed by atoms with Crippen molar-refractivity contribution in [2.75, 3.05) is 13.2 Å². The molecule has 1 aromatic rings. The number of thiophene rings is 1. The van der Waals surface area contributed by atoms with Crippen molar-refractivity contribution in [2.24, 2.45) is 0 Å². The fraction of sp³-hybridized carbons (Fsp3) is 0.500. The molecule has 0 radical (unpaired) electrons. The Balaban J connectivity index is 0.000000127. The van der Waals surface area contributed by atoms with Gasteiger partial charge in [-0.1, -0.05) is 0 Å². The van der Waals surface area contributed by atoms with Gasteiger partial charge in [0.15, 0.2) is 0 Å². The van der Waals surface area contributed by atoms with Gasteiger partial charge in [-0.15, -0.1) is 0 Å². The monoisotopic (exact) mass is 168 g/mol. The maximum absolute atomic E-state index is 4.94. The van der Waals surface area contributed by atoms with Gasteiger partial charge < -0.3 is 4.74 Å². The van der Waals surface area contributed by atoms with Crippen LogP contribution in [0.25, 0.3) is 0 Å². The summed E-state index contributed by atoms with van der Waals surface area (Å²) in [4.78, 5) is 0. The van der Waals surface area contributed by atoms with Crippen LogP contribution in [0.2, 0.25) is 0 Å². The van der Waals surface area contributed by atoms with E-state index in [9.17, 15) is 0 Å². The molecule has 0 unspecified atom stereocenters. The molecule has 0 bridgehead atoms. The van der Waals surface area contributed by atoms with Crippen LogP contribution in [-0.2, 0) is 4.74 Å². The Morgan fingerprint density at radius 3 is 1.75 bits per heavy atom. The normalized spacial score (nSPS) is 15.7. The predicted octanol–water partition coefficient (Wildman–Crippen LogP) is 0.132. The average molecular weight is 168 g/mol. The minimum absolute atomic E-state index is 1.00. The van der Waals surface area contributed by atoms with Crippen molar-refractivity contribution in [3.63, 3.8) is 0 Å². The molecule has 1 saturated heterocycles. The zero-order chi connectivity index (χ0) is 8.81. The Kier molecular flexibility index (Phi) is 5.77. The maximum atomic E-state index is 4.94. The molecule has 1 aliphatic rings. The Bertz CT molecular complexity index is 196. The summed E-state index contributed by atoms with van der Waals surface area (Å²) in [6.45, 7) is 2.00. The molecule has 0 aromatic carbocycles. The van der Waals surface area contributed by atoms with Crippen LogP contribution in [0.5, 0.6) is 0 Å². The number of hydrogen-bond acceptors (Lipinski definition) is 2. The first-order chi connectivity index (χ1) is 5.79. The second kappa shape index (κ2) is 6.33. The zero-order valence-corrected chi connectivity index (χ0v) is 8.62. The summed E-state index contributed by atoms with van der Waals surface area (Å²) >= 11 is 6.09. The Morgan fingerprint density at radius 2 is 1.58 bits per heavy atom. The van der Waals surface area contributed by atoms with Crippen molar-refractivity contribution < 1.29 is 4.74 Å². The van der Waals surface area contributed by atoms with Crippen LogP contribution in [-0.4, -0.2) is 48.6 Å². The second-order valence-electron chi connectivity index (χ2n) is 2.98. The van der Waals surface area contributed by atoms with Gasteiger partial charge in [-0.05, 0) is 12.8 Å². The molecule has 0 atom stereocenters. The SMILES string of the molecule is C1CCOC1.[Li][c]1cc[c]([Li])s1. The van der Waals surface area contributed by atoms with Gasteiger partial charge in [0.05, 0.1) is 0 Å². The molecule has 1 aliphatic heterocycles. The van der Waals surface area contributed by atoms with Gasteiger partial charge in [0.2, 0.25) is 0 Å². The topological polar surface area (TPSA) is 9.23 Å². The molecule has 4 heteroatoms. The third-order valence-corrected chi connectivity index (χ3v) is 2.62. The molecule has 0 amide bonds. The number of ether oxygens (including phenoxy) is 1. The van der Waals surface area contributed by atoms with Gasteiger partial charge in [-0.2, -0.15) is 0 Å². The standard InChI is InChI=1S/C4H8O.C4H2S.2Li/c2*1-2-4-5-3-1;;/h1-4H2;1-2H;;. The summed E-state index contributed by atoms with van der Waals surface area (Å²) in [6.07, 6.45) is 2.56. The second-order valence-corrected chi connectivity index (χ2v) is 4.47. The molecule has 1 fully saturated rings. The van der Waals surface area contributed by atoms with E-state index >= 15 is 0 Å². The van der Waals surface area contributed by atoms with Gasteiger partial charge >= 0.3 is 66.0 Å². The fourth-order valence-corrected chi connectivity index (χ4v) is 1.85. The van der Waals surface area contributed by atoms with E-state index in [0.29, 0.717) is 0 Å². The van der Waals surface area contributed by atoms with Crippen molar-refractivity contribution in [2.45, 2.75) is 12.8 Å². The van der Waals surface area contributed by atoms with Crippen molar-refractivity contribution in [3.8, 4) is 0 Å². The van der Waals surface area contributed by atoms with E-state index in [1.807, 2.05) is 11.3 Å². The first kappa shape index (κ1) is 10.9. The molecular formula is C8H10Li2OS. The summed E-state index contributed by atoms with van der Waals surface area (Å²) in [7, 11) is 0. The van der Waals surface area contributed by atoms with Gasteiger partial charge in [0, 0.05) is 13.2 Å². The molecule has 0 saturated carbocycles. The number of rotatable bonds is 0. The van der Waals surface area contributed by atoms with Crippen LogP contribution in [0.3, 0.4) is 0 Å². The van der Waals surface area contributed by atoms with E-state index in [4.69, 9.17) is 4.74 Å². The molecule has 0 aliphatic carbocycles. The van der Waals surface area contributed by atoms with Crippen LogP contribution < -0.4 is 7.10 Å². The summed E-state index contributed by atoms with van der Waals surface area (Å²) in [6, 6.07) is 4.28. The molecule has 12 heavy (non-hydrogen) atoms. The average Bonchev–Trinajstić information content (AvgIpc) is 2.63. The predicted molar refractivity (Wildman–Crippen MR) is 55.1 cm³/mol. The van der Waals surface area contributed by atoms with Crippen LogP contribution in [0.1, 0.15) is 12.8 Å². The van der Waals surface area contributed by atoms with Crippen molar-refractivity contribution in [3.05, 3.63) is 12.1 Å². The molecule has 2 heterocycles. The van der Waals surface area contributed by atoms with Crippen LogP contribution in [0, 0.1) is 0 Å². The van der Waals surface area contributed by atoms with Crippen molar-refractivity contribution in [1.29, 1.82) is 0 Å². The van der Waals surface area contributed by atoms with Gasteiger partial charge in [0.25, 0.3) is 0 Å². The first-order valence-electron chi connectivity index (χ1n) is 4.40. The van der Waals surface area contributed by atoms with Crippen LogP contribution in [0.4, 0.5) is 0 Å². The molecule has 1 nitrogen and oxygen atoms in total. The van der Waals surface area contributed by atoms with E-state index in [1.54, 1.807) is 0 Å². The van der Waals surface area contributed by atoms with E-state index < -0.39 is 0 Å². The fourth-order valence-electron chi connectivity index (χ4n) is 1.07. The summed E-state index contributed by atoms with van der Waals surface area (Å²) in [5.41, 5.74) is 0. The molecule has 0 N–H and O–H groups in total. The molecule has 1 aromatic heterocycles. The van der Waals surface area contributed by atoms with E-state index in [2.05, 4.69) is 47.6 Å². The third kappa shape index (κ3) is 4.78. The molecule has 2 rings (SSSR count). The van der Waals surface area contributed by atoms with E-state index in [1.165, 1.54) is 19.9 Å². The van der Waals surface area contributed by atoms with Gasteiger partial charge in [-0.3, -0.25) is 0 Å². The third-order valence-electron chi connectivity index (χ3n) is 1.70. The summed E-state index contributed by atoms with van der Waals surface area (Å²) < 4.78 is 7.75. The van der Waals surface area contributed by atoms with Crippen LogP contribution in [0.15, 0.2) is 12.1 Å². The Morgan fingerprint density at radius 1 is 1.08 bits per heavy atom. The molecule has 0 spiro atoms. The summed E-state index contributed by atoms with van der Waals surface area (Å²) in [5.74, 6) is 0. The Labute approximate surface area is 96.3 Å². The van der Waals surface area contributed by atoms with Gasteiger partial charge in [0.1, 0.15) is 0 Å². The van der Waals surface area contributed by atoms with Crippen molar-refractivity contribution in [1.82, 2.24) is 0 Å². The van der Waals surface area contributed by atoms with E-state index in [0.717, 1.165) is 13.2 Å². The first-order valence-corrected chi connectivity index (χ1v) is 5.21. The zero-order valence-electron chi connectivity index (χ0n) is 7.80. The molecular weight excluding hydrogens is 158 g/mol. The Hall–Kier alpha value is 0.855. The minimum atomic E-state index is 1.00. The van der Waals surface area contributed by atoms with Crippen molar-refractivity contribution >= 4 is 53.9 Å². The summed E-state index contributed by atoms with van der Waals surface area (Å²) in [5, 5.41) is 0. The van der Waals surface area contributed by atoms with E-state index in [-0.39, 0.29) is 0 Å². The van der Waals surface area contributed by atoms with Crippen LogP contribution >= 0.6 is 11.3 Å². The molecule has 56 valence electrons. The number of hydrogen-bond donors (Lipinski definition) is 0.